The van der Waals surface area contributed by atoms with E-state index in [4.69, 9.17) is 5.11 Å². The van der Waals surface area contributed by atoms with E-state index in [0.717, 1.165) is 0 Å². The van der Waals surface area contributed by atoms with Gasteiger partial charge in [0.05, 0.1) is 0 Å². The van der Waals surface area contributed by atoms with E-state index < -0.39 is 17.5 Å². The molecular formula is C10H20N2O3. The Morgan fingerprint density at radius 1 is 1.13 bits per heavy atom. The van der Waals surface area contributed by atoms with E-state index in [2.05, 4.69) is 5.32 Å². The summed E-state index contributed by atoms with van der Waals surface area (Å²) in [6.45, 7) is 8.49. The number of carbonyl (C=O) groups excluding carboxylic acids is 1. The number of amides is 2. The third-order valence-electron chi connectivity index (χ3n) is 2.15. The van der Waals surface area contributed by atoms with Gasteiger partial charge in [-0.25, -0.2) is 9.59 Å². The van der Waals surface area contributed by atoms with Crippen LogP contribution in [0.5, 0.6) is 0 Å². The normalized spacial score (nSPS) is 12.1. The van der Waals surface area contributed by atoms with E-state index in [1.807, 2.05) is 20.8 Å². The number of hydrogen-bond acceptors (Lipinski definition) is 2. The molecule has 88 valence electrons. The first kappa shape index (κ1) is 13.7. The molecule has 0 atom stereocenters. The van der Waals surface area contributed by atoms with Crippen LogP contribution < -0.4 is 5.32 Å². The molecule has 0 aliphatic rings. The van der Waals surface area contributed by atoms with Crippen molar-refractivity contribution in [3.05, 3.63) is 0 Å². The van der Waals surface area contributed by atoms with Crippen LogP contribution in [0.25, 0.3) is 0 Å². The number of nitrogens with zero attached hydrogens (tertiary/aromatic N) is 1. The Kier molecular flexibility index (Phi) is 3.74. The van der Waals surface area contributed by atoms with Crippen molar-refractivity contribution in [1.29, 1.82) is 0 Å². The second-order valence-corrected chi connectivity index (χ2v) is 5.10. The van der Waals surface area contributed by atoms with Gasteiger partial charge in [-0.05, 0) is 34.6 Å². The van der Waals surface area contributed by atoms with Gasteiger partial charge in [0.1, 0.15) is 5.54 Å². The molecule has 0 aliphatic heterocycles. The minimum absolute atomic E-state index is 0.375. The molecule has 0 saturated heterocycles. The third kappa shape index (κ3) is 3.77. The summed E-state index contributed by atoms with van der Waals surface area (Å²) in [5.41, 5.74) is -1.59. The smallest absolute Gasteiger partial charge is 0.329 e. The summed E-state index contributed by atoms with van der Waals surface area (Å²) in [5, 5.41) is 11.6. The lowest BCUT2D eigenvalue weighted by Gasteiger charge is -2.34. The Bertz CT molecular complexity index is 266. The second-order valence-electron chi connectivity index (χ2n) is 5.10. The summed E-state index contributed by atoms with van der Waals surface area (Å²) < 4.78 is 0. The number of urea groups is 1. The van der Waals surface area contributed by atoms with Crippen LogP contribution in [0.1, 0.15) is 34.6 Å². The van der Waals surface area contributed by atoms with Crippen LogP contribution in [0.2, 0.25) is 0 Å². The van der Waals surface area contributed by atoms with Gasteiger partial charge in [0.25, 0.3) is 0 Å². The number of carbonyl (C=O) groups is 2. The average molecular weight is 216 g/mol. The molecule has 0 aromatic heterocycles. The fourth-order valence-electron chi connectivity index (χ4n) is 0.802. The van der Waals surface area contributed by atoms with E-state index in [-0.39, 0.29) is 5.54 Å². The topological polar surface area (TPSA) is 69.6 Å². The van der Waals surface area contributed by atoms with Crippen LogP contribution in [0.15, 0.2) is 0 Å². The molecule has 5 nitrogen and oxygen atoms in total. The highest BCUT2D eigenvalue weighted by molar-refractivity contribution is 5.85. The number of aliphatic carboxylic acids is 1. The van der Waals surface area contributed by atoms with Gasteiger partial charge >= 0.3 is 12.0 Å². The summed E-state index contributed by atoms with van der Waals surface area (Å²) in [4.78, 5) is 23.8. The lowest BCUT2D eigenvalue weighted by Crippen LogP contribution is -2.57. The van der Waals surface area contributed by atoms with Crippen molar-refractivity contribution in [2.45, 2.75) is 45.7 Å². The van der Waals surface area contributed by atoms with Gasteiger partial charge in [-0.15, -0.1) is 0 Å². The Morgan fingerprint density at radius 2 is 1.53 bits per heavy atom. The highest BCUT2D eigenvalue weighted by Gasteiger charge is 2.36. The van der Waals surface area contributed by atoms with Gasteiger partial charge in [-0.2, -0.15) is 0 Å². The first-order chi connectivity index (χ1) is 6.48. The summed E-state index contributed by atoms with van der Waals surface area (Å²) >= 11 is 0. The largest absolute Gasteiger partial charge is 0.480 e. The molecule has 0 aliphatic carbocycles. The van der Waals surface area contributed by atoms with Crippen molar-refractivity contribution >= 4 is 12.0 Å². The number of rotatable bonds is 2. The van der Waals surface area contributed by atoms with Crippen LogP contribution in [-0.4, -0.2) is 40.1 Å². The van der Waals surface area contributed by atoms with Crippen molar-refractivity contribution < 1.29 is 14.7 Å². The minimum atomic E-state index is -1.21. The molecule has 5 heteroatoms. The summed E-state index contributed by atoms with van der Waals surface area (Å²) in [6.07, 6.45) is 0. The van der Waals surface area contributed by atoms with Crippen LogP contribution in [0.3, 0.4) is 0 Å². The van der Waals surface area contributed by atoms with E-state index in [9.17, 15) is 9.59 Å². The van der Waals surface area contributed by atoms with Crippen LogP contribution in [-0.2, 0) is 4.79 Å². The molecule has 0 aromatic rings. The lowest BCUT2D eigenvalue weighted by molar-refractivity contribution is -0.146. The van der Waals surface area contributed by atoms with Gasteiger partial charge in [-0.3, -0.25) is 0 Å². The van der Waals surface area contributed by atoms with E-state index >= 15 is 0 Å². The molecule has 0 heterocycles. The zero-order valence-electron chi connectivity index (χ0n) is 10.2. The lowest BCUT2D eigenvalue weighted by atomic mass is 10.0. The van der Waals surface area contributed by atoms with Crippen molar-refractivity contribution in [1.82, 2.24) is 10.2 Å². The molecular weight excluding hydrogens is 196 g/mol. The van der Waals surface area contributed by atoms with Crippen molar-refractivity contribution in [2.75, 3.05) is 7.05 Å². The minimum Gasteiger partial charge on any atom is -0.480 e. The number of carboxylic acids is 1. The van der Waals surface area contributed by atoms with E-state index in [1.165, 1.54) is 25.8 Å². The summed E-state index contributed by atoms with van der Waals surface area (Å²) in [6, 6.07) is -0.394. The molecule has 0 spiro atoms. The predicted octanol–water partition coefficient (Wildman–Crippen LogP) is 1.29. The molecule has 0 unspecified atom stereocenters. The highest BCUT2D eigenvalue weighted by Crippen LogP contribution is 2.13. The van der Waals surface area contributed by atoms with Crippen molar-refractivity contribution in [2.24, 2.45) is 0 Å². The zero-order valence-corrected chi connectivity index (χ0v) is 10.2. The van der Waals surface area contributed by atoms with E-state index in [0.29, 0.717) is 0 Å². The molecule has 0 aromatic carbocycles. The SMILES string of the molecule is CN(C(=O)NC(C)(C)C)C(C)(C)C(=O)O. The van der Waals surface area contributed by atoms with Gasteiger partial charge in [0.2, 0.25) is 0 Å². The fraction of sp³-hybridized carbons (Fsp3) is 0.800. The first-order valence-electron chi connectivity index (χ1n) is 4.78. The Labute approximate surface area is 90.5 Å². The van der Waals surface area contributed by atoms with Gasteiger partial charge < -0.3 is 15.3 Å². The Hall–Kier alpha value is -1.26. The quantitative estimate of drug-likeness (QED) is 0.730. The van der Waals surface area contributed by atoms with Gasteiger partial charge in [0, 0.05) is 12.6 Å². The first-order valence-corrected chi connectivity index (χ1v) is 4.78. The van der Waals surface area contributed by atoms with E-state index in [1.54, 1.807) is 0 Å². The fourth-order valence-corrected chi connectivity index (χ4v) is 0.802. The number of carboxylic acid groups (broad SMARTS) is 1. The number of nitrogens with one attached hydrogen (secondary N) is 1. The maximum atomic E-state index is 11.7. The maximum Gasteiger partial charge on any atom is 0.329 e. The van der Waals surface area contributed by atoms with Crippen LogP contribution in [0.4, 0.5) is 4.79 Å². The Balaban J connectivity index is 4.66. The molecule has 2 amide bonds. The van der Waals surface area contributed by atoms with Gasteiger partial charge in [0.15, 0.2) is 0 Å². The molecule has 0 bridgehead atoms. The molecule has 0 fully saturated rings. The average Bonchev–Trinajstić information content (AvgIpc) is 1.99. The summed E-state index contributed by atoms with van der Waals surface area (Å²) in [5.74, 6) is -1.03. The molecule has 2 N–H and O–H groups in total. The van der Waals surface area contributed by atoms with Crippen LogP contribution in [0, 0.1) is 0 Å². The monoisotopic (exact) mass is 216 g/mol. The van der Waals surface area contributed by atoms with Crippen molar-refractivity contribution in [3.8, 4) is 0 Å². The molecule has 0 radical (unpaired) electrons. The molecule has 0 saturated carbocycles. The standard InChI is InChI=1S/C10H20N2O3/c1-9(2,3)11-8(15)12(6)10(4,5)7(13)14/h1-6H3,(H,11,15)(H,13,14). The zero-order chi connectivity index (χ0) is 12.4. The van der Waals surface area contributed by atoms with Crippen molar-refractivity contribution in [3.63, 3.8) is 0 Å². The van der Waals surface area contributed by atoms with Crippen LogP contribution >= 0.6 is 0 Å². The second kappa shape index (κ2) is 4.08. The highest BCUT2D eigenvalue weighted by atomic mass is 16.4. The van der Waals surface area contributed by atoms with Gasteiger partial charge in [-0.1, -0.05) is 0 Å². The third-order valence-corrected chi connectivity index (χ3v) is 2.15. The number of likely N-dealkylation sites (N-methyl/N-ethyl adjacent to an activating group) is 1. The molecule has 0 rings (SSSR count). The number of hydrogen-bond donors (Lipinski definition) is 2. The Morgan fingerprint density at radius 3 is 1.80 bits per heavy atom. The molecule has 15 heavy (non-hydrogen) atoms. The maximum absolute atomic E-state index is 11.7. The summed E-state index contributed by atoms with van der Waals surface area (Å²) in [7, 11) is 1.47. The predicted molar refractivity (Wildman–Crippen MR) is 57.8 cm³/mol.